The lowest BCUT2D eigenvalue weighted by molar-refractivity contribution is 0.0119. The third-order valence-corrected chi connectivity index (χ3v) is 3.25. The van der Waals surface area contributed by atoms with E-state index in [1.165, 1.54) is 0 Å². The number of hydrogen-bond acceptors (Lipinski definition) is 4. The van der Waals surface area contributed by atoms with E-state index in [4.69, 9.17) is 15.5 Å². The van der Waals surface area contributed by atoms with Crippen LogP contribution in [0.25, 0.3) is 0 Å². The fraction of sp³-hybridized carbons (Fsp3) is 0.636. The summed E-state index contributed by atoms with van der Waals surface area (Å²) in [5.74, 6) is 0.828. The van der Waals surface area contributed by atoms with Gasteiger partial charge in [-0.25, -0.2) is 0 Å². The van der Waals surface area contributed by atoms with E-state index in [1.54, 1.807) is 0 Å². The summed E-state index contributed by atoms with van der Waals surface area (Å²) in [4.78, 5) is 0. The Bertz CT molecular complexity index is 321. The highest BCUT2D eigenvalue weighted by Gasteiger charge is 2.51. The predicted molar refractivity (Wildman–Crippen MR) is 65.2 cm³/mol. The van der Waals surface area contributed by atoms with Crippen LogP contribution in [0.5, 0.6) is 0 Å². The zero-order valence-electron chi connectivity index (χ0n) is 9.70. The molecule has 0 saturated carbocycles. The summed E-state index contributed by atoms with van der Waals surface area (Å²) < 4.78 is 9.83. The van der Waals surface area contributed by atoms with Crippen LogP contribution in [-0.2, 0) is 4.65 Å². The minimum atomic E-state index is -0.831. The van der Waals surface area contributed by atoms with Crippen LogP contribution in [0.2, 0.25) is 5.82 Å². The summed E-state index contributed by atoms with van der Waals surface area (Å²) in [5, 5.41) is 18.6. The van der Waals surface area contributed by atoms with Gasteiger partial charge in [-0.05, 0) is 0 Å². The number of rotatable bonds is 5. The molecule has 1 fully saturated rings. The molecular weight excluding hydrogens is 221 g/mol. The number of ether oxygens (including phenoxy) is 1. The van der Waals surface area contributed by atoms with E-state index in [0.29, 0.717) is 19.6 Å². The lowest BCUT2D eigenvalue weighted by atomic mass is 9.65. The number of nitrogens with two attached hydrogens (primary N) is 1. The number of hydrogen-bond donors (Lipinski definition) is 3. The molecule has 1 saturated heterocycles. The van der Waals surface area contributed by atoms with Gasteiger partial charge in [0.1, 0.15) is 5.82 Å². The summed E-state index contributed by atoms with van der Waals surface area (Å²) in [6, 6.07) is 0. The van der Waals surface area contributed by atoms with E-state index in [1.807, 2.05) is 18.2 Å². The van der Waals surface area contributed by atoms with Crippen molar-refractivity contribution in [3.8, 4) is 0 Å². The molecule has 5 nitrogen and oxygen atoms in total. The van der Waals surface area contributed by atoms with E-state index in [2.05, 4.69) is 4.74 Å². The first-order valence-electron chi connectivity index (χ1n) is 5.98. The van der Waals surface area contributed by atoms with Crippen LogP contribution in [0.4, 0.5) is 0 Å². The van der Waals surface area contributed by atoms with Crippen LogP contribution < -0.4 is 5.73 Å². The van der Waals surface area contributed by atoms with Crippen molar-refractivity contribution in [2.24, 2.45) is 11.7 Å². The molecule has 0 amide bonds. The monoisotopic (exact) mass is 240 g/mol. The van der Waals surface area contributed by atoms with Gasteiger partial charge in [-0.15, -0.1) is 0 Å². The summed E-state index contributed by atoms with van der Waals surface area (Å²) >= 11 is 0. The largest absolute Gasteiger partial charge is 0.586 e. The smallest absolute Gasteiger partial charge is 0.472 e. The number of fused-ring (bicyclic) bond motifs is 1. The summed E-state index contributed by atoms with van der Waals surface area (Å²) in [6.45, 7) is 1.09. The first-order chi connectivity index (χ1) is 8.27. The average molecular weight is 240 g/mol. The molecule has 0 radical (unpaired) electrons. The molecule has 0 aromatic heterocycles. The van der Waals surface area contributed by atoms with Crippen LogP contribution >= 0.6 is 0 Å². The molecule has 2 aliphatic rings. The first kappa shape index (κ1) is 12.6. The summed E-state index contributed by atoms with van der Waals surface area (Å²) in [5.41, 5.74) is 5.62. The van der Waals surface area contributed by atoms with Gasteiger partial charge in [0.2, 0.25) is 5.76 Å². The SMILES string of the molecule is NCC1OB(O)C2C([OH+]CCCO)=CC=C[C@@H]12. The lowest BCUT2D eigenvalue weighted by Gasteiger charge is -2.22. The van der Waals surface area contributed by atoms with Gasteiger partial charge in [0.25, 0.3) is 0 Å². The van der Waals surface area contributed by atoms with Crippen LogP contribution in [0.3, 0.4) is 0 Å². The number of aliphatic hydroxyl groups is 3. The van der Waals surface area contributed by atoms with Gasteiger partial charge in [0, 0.05) is 25.0 Å². The van der Waals surface area contributed by atoms with Crippen LogP contribution in [-0.4, -0.2) is 47.8 Å². The Morgan fingerprint density at radius 1 is 1.53 bits per heavy atom. The van der Waals surface area contributed by atoms with Gasteiger partial charge in [-0.1, -0.05) is 12.2 Å². The van der Waals surface area contributed by atoms with Gasteiger partial charge >= 0.3 is 7.12 Å². The fourth-order valence-electron chi connectivity index (χ4n) is 2.41. The molecule has 0 aromatic rings. The minimum absolute atomic E-state index is 0.105. The zero-order chi connectivity index (χ0) is 12.3. The van der Waals surface area contributed by atoms with Crippen molar-refractivity contribution in [3.63, 3.8) is 0 Å². The van der Waals surface area contributed by atoms with E-state index < -0.39 is 7.12 Å². The maximum absolute atomic E-state index is 9.89. The van der Waals surface area contributed by atoms with Gasteiger partial charge < -0.3 is 25.3 Å². The van der Waals surface area contributed by atoms with Gasteiger partial charge in [-0.3, -0.25) is 0 Å². The number of aliphatic hydroxyl groups excluding tert-OH is 1. The van der Waals surface area contributed by atoms with Crippen molar-refractivity contribution < 1.29 is 19.5 Å². The maximum Gasteiger partial charge on any atom is 0.472 e. The molecule has 3 atom stereocenters. The van der Waals surface area contributed by atoms with Gasteiger partial charge in [0.05, 0.1) is 12.7 Å². The first-order valence-corrected chi connectivity index (χ1v) is 5.98. The Morgan fingerprint density at radius 3 is 3.06 bits per heavy atom. The normalized spacial score (nSPS) is 31.4. The Hall–Kier alpha value is -0.815. The van der Waals surface area contributed by atoms with Crippen molar-refractivity contribution in [3.05, 3.63) is 24.0 Å². The van der Waals surface area contributed by atoms with E-state index in [9.17, 15) is 5.02 Å². The van der Waals surface area contributed by atoms with Crippen molar-refractivity contribution in [2.75, 3.05) is 19.8 Å². The van der Waals surface area contributed by atoms with Crippen LogP contribution in [0.1, 0.15) is 6.42 Å². The Labute approximate surface area is 101 Å². The predicted octanol–water partition coefficient (Wildman–Crippen LogP) is -0.825. The second-order valence-electron chi connectivity index (χ2n) is 4.34. The topological polar surface area (TPSA) is 88.5 Å². The average Bonchev–Trinajstić information content (AvgIpc) is 2.68. The second kappa shape index (κ2) is 5.68. The highest BCUT2D eigenvalue weighted by molar-refractivity contribution is 6.47. The molecule has 94 valence electrons. The highest BCUT2D eigenvalue weighted by atomic mass is 16.5. The molecule has 1 aliphatic heterocycles. The van der Waals surface area contributed by atoms with Crippen molar-refractivity contribution in [1.29, 1.82) is 0 Å². The molecule has 1 heterocycles. The highest BCUT2D eigenvalue weighted by Crippen LogP contribution is 2.42. The third-order valence-electron chi connectivity index (χ3n) is 3.25. The second-order valence-corrected chi connectivity index (χ2v) is 4.34. The Balaban J connectivity index is 2.03. The molecule has 5 N–H and O–H groups in total. The Kier molecular flexibility index (Phi) is 4.23. The molecular formula is C11H19BNO4+. The summed E-state index contributed by atoms with van der Waals surface area (Å²) in [6.07, 6.45) is 6.34. The zero-order valence-corrected chi connectivity index (χ0v) is 9.70. The maximum atomic E-state index is 9.89. The van der Waals surface area contributed by atoms with Gasteiger partial charge in [0.15, 0.2) is 6.61 Å². The van der Waals surface area contributed by atoms with Crippen molar-refractivity contribution >= 4 is 7.12 Å². The fourth-order valence-corrected chi connectivity index (χ4v) is 2.41. The van der Waals surface area contributed by atoms with Crippen molar-refractivity contribution in [1.82, 2.24) is 0 Å². The molecule has 6 heteroatoms. The molecule has 1 aliphatic carbocycles. The van der Waals surface area contributed by atoms with E-state index in [0.717, 1.165) is 5.76 Å². The number of allylic oxidation sites excluding steroid dienone is 3. The van der Waals surface area contributed by atoms with E-state index >= 15 is 0 Å². The molecule has 2 unspecified atom stereocenters. The van der Waals surface area contributed by atoms with Gasteiger partial charge in [-0.2, -0.15) is 0 Å². The minimum Gasteiger partial charge on any atom is -0.586 e. The van der Waals surface area contributed by atoms with Crippen LogP contribution in [0, 0.1) is 5.92 Å². The van der Waals surface area contributed by atoms with Crippen LogP contribution in [0.15, 0.2) is 24.0 Å². The third kappa shape index (κ3) is 2.55. The molecule has 0 spiro atoms. The molecule has 2 rings (SSSR count). The molecule has 0 aromatic carbocycles. The summed E-state index contributed by atoms with van der Waals surface area (Å²) in [7, 11) is -0.831. The van der Waals surface area contributed by atoms with E-state index in [-0.39, 0.29) is 24.4 Å². The lowest BCUT2D eigenvalue weighted by Crippen LogP contribution is -2.27. The molecule has 17 heavy (non-hydrogen) atoms. The standard InChI is InChI=1S/C11H18BNO4/c13-7-10-8-3-1-4-9(16-6-2-5-14)11(8)12(15)17-10/h1,3-4,8,10-11,14-15H,2,5-7,13H2/p+1/t8-,10?,11?/m0/s1. The Morgan fingerprint density at radius 2 is 2.35 bits per heavy atom. The molecule has 0 bridgehead atoms. The van der Waals surface area contributed by atoms with Crippen molar-refractivity contribution in [2.45, 2.75) is 18.3 Å². The quantitative estimate of drug-likeness (QED) is 0.332.